The van der Waals surface area contributed by atoms with Crippen molar-refractivity contribution in [1.29, 1.82) is 0 Å². The van der Waals surface area contributed by atoms with Gasteiger partial charge in [0.25, 0.3) is 0 Å². The standard InChI is InChI=1S/C65H112O6/c1-4-7-10-13-16-19-21-23-25-26-27-28-29-30-31-32-33-34-35-36-37-38-39-40-41-43-44-46-49-52-55-58-64(67)70-61-62(60-69-63(66)57-54-51-48-18-15-12-9-6-3)71-65(68)59-56-53-50-47-45-42-24-22-20-17-14-11-8-5-2/h7,10,16,19,22-25,27-28,30-31,33-34,62H,4-6,8-9,11-15,17-18,20-21,26,29,32,35-61H2,1-3H3/b10-7-,19-16-,24-22-,25-23-,28-27-,31-30-,34-33-. The van der Waals surface area contributed by atoms with Gasteiger partial charge in [-0.15, -0.1) is 0 Å². The van der Waals surface area contributed by atoms with Crippen molar-refractivity contribution in [2.75, 3.05) is 13.2 Å². The lowest BCUT2D eigenvalue weighted by Crippen LogP contribution is -2.30. The molecule has 0 saturated carbocycles. The molecule has 1 unspecified atom stereocenters. The Hall–Kier alpha value is -3.41. The Morgan fingerprint density at radius 2 is 0.549 bits per heavy atom. The van der Waals surface area contributed by atoms with Crippen LogP contribution in [-0.4, -0.2) is 37.2 Å². The van der Waals surface area contributed by atoms with Crippen molar-refractivity contribution < 1.29 is 28.6 Å². The molecule has 0 aromatic carbocycles. The minimum absolute atomic E-state index is 0.0772. The molecule has 1 atom stereocenters. The smallest absolute Gasteiger partial charge is 0.306 e. The van der Waals surface area contributed by atoms with Crippen LogP contribution in [0.2, 0.25) is 0 Å². The zero-order valence-electron chi connectivity index (χ0n) is 46.7. The molecule has 408 valence electrons. The van der Waals surface area contributed by atoms with E-state index in [0.29, 0.717) is 19.3 Å². The number of ether oxygens (including phenoxy) is 3. The maximum absolute atomic E-state index is 12.8. The van der Waals surface area contributed by atoms with Crippen LogP contribution in [0.15, 0.2) is 85.1 Å². The normalized spacial score (nSPS) is 12.7. The fourth-order valence-electron chi connectivity index (χ4n) is 8.38. The third-order valence-corrected chi connectivity index (χ3v) is 12.9. The summed E-state index contributed by atoms with van der Waals surface area (Å²) in [7, 11) is 0. The van der Waals surface area contributed by atoms with E-state index >= 15 is 0 Å². The average molecular weight is 990 g/mol. The summed E-state index contributed by atoms with van der Waals surface area (Å²) in [5.41, 5.74) is 0. The topological polar surface area (TPSA) is 78.9 Å². The highest BCUT2D eigenvalue weighted by atomic mass is 16.6. The van der Waals surface area contributed by atoms with Gasteiger partial charge in [-0.3, -0.25) is 14.4 Å². The van der Waals surface area contributed by atoms with E-state index in [9.17, 15) is 14.4 Å². The van der Waals surface area contributed by atoms with Crippen LogP contribution < -0.4 is 0 Å². The predicted octanol–water partition coefficient (Wildman–Crippen LogP) is 20.3. The highest BCUT2D eigenvalue weighted by Gasteiger charge is 2.19. The van der Waals surface area contributed by atoms with Crippen molar-refractivity contribution in [2.24, 2.45) is 0 Å². The molecule has 0 fully saturated rings. The Morgan fingerprint density at radius 1 is 0.296 bits per heavy atom. The molecule has 0 aliphatic carbocycles. The maximum Gasteiger partial charge on any atom is 0.306 e. The molecule has 6 nitrogen and oxygen atoms in total. The van der Waals surface area contributed by atoms with Gasteiger partial charge in [0.05, 0.1) is 0 Å². The van der Waals surface area contributed by atoms with Crippen LogP contribution in [0.3, 0.4) is 0 Å². The summed E-state index contributed by atoms with van der Waals surface area (Å²) in [6.07, 6.45) is 77.4. The second-order valence-electron chi connectivity index (χ2n) is 19.9. The van der Waals surface area contributed by atoms with E-state index in [2.05, 4.69) is 106 Å². The van der Waals surface area contributed by atoms with Crippen molar-refractivity contribution in [3.05, 3.63) is 85.1 Å². The Bertz CT molecular complexity index is 1370. The Labute approximate surface area is 439 Å². The van der Waals surface area contributed by atoms with Crippen molar-refractivity contribution in [2.45, 2.75) is 297 Å². The maximum atomic E-state index is 12.8. The van der Waals surface area contributed by atoms with Gasteiger partial charge >= 0.3 is 17.9 Å². The molecule has 0 heterocycles. The predicted molar refractivity (Wildman–Crippen MR) is 307 cm³/mol. The Kier molecular flexibility index (Phi) is 56.3. The van der Waals surface area contributed by atoms with Crippen LogP contribution in [0, 0.1) is 0 Å². The lowest BCUT2D eigenvalue weighted by atomic mass is 10.0. The van der Waals surface area contributed by atoms with Crippen LogP contribution in [0.1, 0.15) is 290 Å². The molecule has 0 bridgehead atoms. The molecule has 0 aliphatic rings. The molecule has 0 aliphatic heterocycles. The first-order chi connectivity index (χ1) is 35.0. The fraction of sp³-hybridized carbons (Fsp3) is 0.738. The summed E-state index contributed by atoms with van der Waals surface area (Å²) in [5.74, 6) is -0.885. The van der Waals surface area contributed by atoms with E-state index in [0.717, 1.165) is 109 Å². The van der Waals surface area contributed by atoms with Crippen LogP contribution in [0.25, 0.3) is 0 Å². The molecule has 0 spiro atoms. The molecule has 6 heteroatoms. The molecule has 0 N–H and O–H groups in total. The van der Waals surface area contributed by atoms with Crippen LogP contribution in [0.5, 0.6) is 0 Å². The number of esters is 3. The van der Waals surface area contributed by atoms with E-state index < -0.39 is 6.10 Å². The van der Waals surface area contributed by atoms with Crippen molar-refractivity contribution in [3.63, 3.8) is 0 Å². The minimum Gasteiger partial charge on any atom is -0.462 e. The third-order valence-electron chi connectivity index (χ3n) is 12.9. The number of hydrogen-bond acceptors (Lipinski definition) is 6. The van der Waals surface area contributed by atoms with E-state index in [4.69, 9.17) is 14.2 Å². The third kappa shape index (κ3) is 57.4. The van der Waals surface area contributed by atoms with E-state index in [-0.39, 0.29) is 31.1 Å². The first-order valence-electron chi connectivity index (χ1n) is 30.1. The SMILES string of the molecule is CC/C=C\C/C=C\C/C=C\C/C=C\C/C=C\C/C=C\CCCCCCCCCCCCCCC(=O)OCC(COC(=O)CCCCCCCCCC)OC(=O)CCCCCCC/C=C\CCCCCCC. The average Bonchev–Trinajstić information content (AvgIpc) is 3.37. The summed E-state index contributed by atoms with van der Waals surface area (Å²) >= 11 is 0. The first kappa shape index (κ1) is 67.6. The van der Waals surface area contributed by atoms with Gasteiger partial charge in [0.1, 0.15) is 13.2 Å². The first-order valence-corrected chi connectivity index (χ1v) is 30.1. The monoisotopic (exact) mass is 989 g/mol. The largest absolute Gasteiger partial charge is 0.462 e. The van der Waals surface area contributed by atoms with Crippen molar-refractivity contribution in [1.82, 2.24) is 0 Å². The molecule has 0 aromatic rings. The van der Waals surface area contributed by atoms with E-state index in [1.165, 1.54) is 141 Å². The van der Waals surface area contributed by atoms with Gasteiger partial charge in [0.2, 0.25) is 0 Å². The second-order valence-corrected chi connectivity index (χ2v) is 19.9. The van der Waals surface area contributed by atoms with Gasteiger partial charge < -0.3 is 14.2 Å². The molecular formula is C65H112O6. The summed E-state index contributed by atoms with van der Waals surface area (Å²) in [5, 5.41) is 0. The van der Waals surface area contributed by atoms with Gasteiger partial charge in [-0.1, -0.05) is 260 Å². The van der Waals surface area contributed by atoms with Crippen LogP contribution in [-0.2, 0) is 28.6 Å². The zero-order chi connectivity index (χ0) is 51.4. The van der Waals surface area contributed by atoms with Gasteiger partial charge in [0.15, 0.2) is 6.10 Å². The van der Waals surface area contributed by atoms with Crippen molar-refractivity contribution >= 4 is 17.9 Å². The molecule has 71 heavy (non-hydrogen) atoms. The quantitative estimate of drug-likeness (QED) is 0.0261. The van der Waals surface area contributed by atoms with Gasteiger partial charge in [-0.2, -0.15) is 0 Å². The molecule has 0 rings (SSSR count). The number of allylic oxidation sites excluding steroid dienone is 14. The molecule has 0 aromatic heterocycles. The number of unbranched alkanes of at least 4 members (excludes halogenated alkanes) is 29. The zero-order valence-corrected chi connectivity index (χ0v) is 46.7. The Balaban J connectivity index is 4.11. The number of hydrogen-bond donors (Lipinski definition) is 0. The molecule has 0 saturated heterocycles. The second kappa shape index (κ2) is 59.2. The summed E-state index contributed by atoms with van der Waals surface area (Å²) in [4.78, 5) is 38.0. The van der Waals surface area contributed by atoms with Gasteiger partial charge in [0, 0.05) is 19.3 Å². The van der Waals surface area contributed by atoms with E-state index in [1.54, 1.807) is 0 Å². The van der Waals surface area contributed by atoms with Crippen LogP contribution in [0.4, 0.5) is 0 Å². The molecule has 0 amide bonds. The lowest BCUT2D eigenvalue weighted by Gasteiger charge is -2.18. The molecular weight excluding hydrogens is 877 g/mol. The Morgan fingerprint density at radius 3 is 0.873 bits per heavy atom. The fourth-order valence-corrected chi connectivity index (χ4v) is 8.38. The van der Waals surface area contributed by atoms with E-state index in [1.807, 2.05) is 0 Å². The highest BCUT2D eigenvalue weighted by molar-refractivity contribution is 5.71. The lowest BCUT2D eigenvalue weighted by molar-refractivity contribution is -0.167. The number of carbonyl (C=O) groups excluding carboxylic acids is 3. The van der Waals surface area contributed by atoms with Crippen molar-refractivity contribution in [3.8, 4) is 0 Å². The highest BCUT2D eigenvalue weighted by Crippen LogP contribution is 2.16. The summed E-state index contributed by atoms with van der Waals surface area (Å²) in [6, 6.07) is 0. The van der Waals surface area contributed by atoms with Gasteiger partial charge in [-0.05, 0) is 96.3 Å². The number of rotatable bonds is 54. The van der Waals surface area contributed by atoms with Crippen LogP contribution >= 0.6 is 0 Å². The summed E-state index contributed by atoms with van der Waals surface area (Å²) in [6.45, 7) is 6.49. The molecule has 0 radical (unpaired) electrons. The van der Waals surface area contributed by atoms with Gasteiger partial charge in [-0.25, -0.2) is 0 Å². The number of carbonyl (C=O) groups is 3. The minimum atomic E-state index is -0.777. The summed E-state index contributed by atoms with van der Waals surface area (Å²) < 4.78 is 16.8.